The fourth-order valence-electron chi connectivity index (χ4n) is 10.7. The maximum Gasteiger partial charge on any atom is 0.494 e. The number of likely N-dealkylation sites (N-methyl/N-ethyl adjacent to an activating group) is 1. The van der Waals surface area contributed by atoms with Gasteiger partial charge in [0.2, 0.25) is 0 Å². The van der Waals surface area contributed by atoms with Crippen LogP contribution in [0, 0.1) is 11.8 Å². The van der Waals surface area contributed by atoms with Crippen molar-refractivity contribution in [2.24, 2.45) is 11.8 Å². The average molecular weight is 1220 g/mol. The molecular weight excluding hydrogens is 1150 g/mol. The van der Waals surface area contributed by atoms with Crippen LogP contribution >= 0.6 is 27.3 Å². The molecule has 2 aliphatic heterocycles. The number of thiophene rings is 1. The third-order valence-corrected chi connectivity index (χ3v) is 17.8. The fraction of sp³-hybridized carbons (Fsp3) is 0.277. The molecule has 2 fully saturated rings. The van der Waals surface area contributed by atoms with Crippen molar-refractivity contribution in [3.05, 3.63) is 191 Å². The normalized spacial score (nSPS) is 17.4. The van der Waals surface area contributed by atoms with Crippen LogP contribution in [0.3, 0.4) is 0 Å². The molecular formula is C65H67BBrN13O4S. The molecule has 0 unspecified atom stereocenters. The Labute approximate surface area is 507 Å². The number of rotatable bonds is 8. The zero-order chi connectivity index (χ0) is 59.2. The standard InChI is InChI=1S/C31H34N4O2S.C18H20BN3O2.C12H8BrN3.C4H5N3/c1-20-6-8-21(9-7-20)26-18-34(2)16-14-24(26)25-17-28(38-30(25)31(36)37-3)23-12-10-22(11-13-23)27-19-35-29(33-27)5-4-15-32-35;1-17(2)18(3,4)24-19(23-17)14-9-7-13(8-10-14)15-12-22-16(21-15)6-5-11-20-22;13-10-5-3-9(4-6-10)11-8-16-12(15-11)2-1-7-14-16;5-4-2-1-3-6-7-4/h4-5,10-13,15,17,19-21H,6-9,14,16,18H2,1-3H3;5-12H,1-4H3;1-8H;1-3H,(H2,5,7). The average Bonchev–Trinajstić information content (AvgIpc) is 2.94. The predicted octanol–water partition coefficient (Wildman–Crippen LogP) is 12.7. The van der Waals surface area contributed by atoms with E-state index in [1.165, 1.54) is 43.9 Å². The molecule has 1 saturated heterocycles. The Morgan fingerprint density at radius 1 is 0.671 bits per heavy atom. The van der Waals surface area contributed by atoms with E-state index in [4.69, 9.17) is 24.8 Å². The monoisotopic (exact) mass is 1220 g/mol. The van der Waals surface area contributed by atoms with Gasteiger partial charge in [-0.1, -0.05) is 96.4 Å². The number of esters is 1. The summed E-state index contributed by atoms with van der Waals surface area (Å²) in [6.07, 6.45) is 18.7. The van der Waals surface area contributed by atoms with E-state index >= 15 is 0 Å². The number of aromatic nitrogens is 11. The topological polar surface area (TPSA) is 190 Å². The van der Waals surface area contributed by atoms with Crippen molar-refractivity contribution >= 4 is 74.1 Å². The number of halogens is 1. The molecule has 1 saturated carbocycles. The van der Waals surface area contributed by atoms with Gasteiger partial charge in [0.05, 0.1) is 54.0 Å². The highest BCUT2D eigenvalue weighted by atomic mass is 79.9. The summed E-state index contributed by atoms with van der Waals surface area (Å²) in [6.45, 7) is 12.6. The number of benzene rings is 3. The van der Waals surface area contributed by atoms with Crippen LogP contribution in [0.5, 0.6) is 0 Å². The van der Waals surface area contributed by atoms with Gasteiger partial charge in [-0.25, -0.2) is 33.3 Å². The van der Waals surface area contributed by atoms with Crippen LogP contribution in [0.15, 0.2) is 181 Å². The van der Waals surface area contributed by atoms with Crippen LogP contribution in [0.1, 0.15) is 82.0 Å². The van der Waals surface area contributed by atoms with Gasteiger partial charge in [-0.05, 0) is 155 Å². The van der Waals surface area contributed by atoms with E-state index in [0.29, 0.717) is 11.7 Å². The Hall–Kier alpha value is -8.27. The smallest absolute Gasteiger partial charge is 0.465 e. The quantitative estimate of drug-likeness (QED) is 0.112. The van der Waals surface area contributed by atoms with Crippen LogP contribution in [0.4, 0.5) is 5.82 Å². The summed E-state index contributed by atoms with van der Waals surface area (Å²) in [4.78, 5) is 31.0. The summed E-state index contributed by atoms with van der Waals surface area (Å²) in [5.74, 6) is 1.64. The first-order valence-electron chi connectivity index (χ1n) is 28.5. The molecule has 20 heteroatoms. The number of nitrogens with zero attached hydrogens (tertiary/aromatic N) is 12. The molecule has 432 valence electrons. The van der Waals surface area contributed by atoms with Gasteiger partial charge in [0.15, 0.2) is 16.9 Å². The molecule has 85 heavy (non-hydrogen) atoms. The summed E-state index contributed by atoms with van der Waals surface area (Å²) >= 11 is 4.96. The van der Waals surface area contributed by atoms with Crippen LogP contribution in [-0.2, 0) is 14.0 Å². The largest absolute Gasteiger partial charge is 0.494 e. The molecule has 2 N–H and O–H groups in total. The van der Waals surface area contributed by atoms with E-state index in [9.17, 15) is 4.79 Å². The summed E-state index contributed by atoms with van der Waals surface area (Å²) in [5, 5.41) is 19.8. The number of nitrogens with two attached hydrogens (primary N) is 1. The number of nitrogen functional groups attached to an aromatic ring is 1. The van der Waals surface area contributed by atoms with Gasteiger partial charge < -0.3 is 24.7 Å². The number of hydrogen-bond donors (Lipinski definition) is 1. The van der Waals surface area contributed by atoms with E-state index in [1.807, 2.05) is 104 Å². The first kappa shape index (κ1) is 58.5. The molecule has 8 aromatic heterocycles. The lowest BCUT2D eigenvalue weighted by atomic mass is 9.75. The summed E-state index contributed by atoms with van der Waals surface area (Å²) < 4.78 is 23.9. The van der Waals surface area contributed by atoms with Crippen LogP contribution in [-0.4, -0.2) is 110 Å². The second-order valence-corrected chi connectivity index (χ2v) is 24.6. The molecule has 11 aromatic rings. The highest BCUT2D eigenvalue weighted by molar-refractivity contribution is 9.10. The number of imidazole rings is 3. The second-order valence-electron chi connectivity index (χ2n) is 22.6. The zero-order valence-electron chi connectivity index (χ0n) is 48.7. The molecule has 1 aliphatic carbocycles. The third kappa shape index (κ3) is 13.5. The van der Waals surface area contributed by atoms with Gasteiger partial charge in [-0.3, -0.25) is 0 Å². The lowest BCUT2D eigenvalue weighted by molar-refractivity contribution is 0.00578. The van der Waals surface area contributed by atoms with Crippen molar-refractivity contribution in [1.29, 1.82) is 0 Å². The molecule has 0 spiro atoms. The predicted molar refractivity (Wildman–Crippen MR) is 340 cm³/mol. The van der Waals surface area contributed by atoms with Gasteiger partial charge >= 0.3 is 13.1 Å². The molecule has 10 heterocycles. The Balaban J connectivity index is 0.000000135. The SMILES string of the molecule is Brc1ccc(-c2cn3ncccc3n2)cc1.CC1(C)OB(c2ccc(-c3cn4ncccc4n3)cc2)OC1(C)C.COC(=O)c1sc(-c2ccc(-c3cn4ncccc4n3)cc2)cc1C1=C(C2CCC(C)CC2)CN(C)CC1.Nc1cccnn1. The van der Waals surface area contributed by atoms with Gasteiger partial charge in [-0.15, -0.1) is 16.4 Å². The van der Waals surface area contributed by atoms with E-state index in [1.54, 1.807) is 61.8 Å². The number of carbonyl (C=O) groups excluding carboxylic acids is 1. The number of anilines is 1. The van der Waals surface area contributed by atoms with Gasteiger partial charge in [-0.2, -0.15) is 20.4 Å². The number of fused-ring (bicyclic) bond motifs is 3. The molecule has 0 amide bonds. The molecule has 0 atom stereocenters. The lowest BCUT2D eigenvalue weighted by Gasteiger charge is -2.35. The van der Waals surface area contributed by atoms with Crippen molar-refractivity contribution < 1.29 is 18.8 Å². The van der Waals surface area contributed by atoms with E-state index in [-0.39, 0.29) is 24.3 Å². The highest BCUT2D eigenvalue weighted by Gasteiger charge is 2.51. The number of hydrogen-bond acceptors (Lipinski definition) is 15. The summed E-state index contributed by atoms with van der Waals surface area (Å²) in [5.41, 5.74) is 19.0. The Morgan fingerprint density at radius 2 is 1.15 bits per heavy atom. The molecule has 3 aliphatic rings. The maximum absolute atomic E-state index is 13.0. The Bertz CT molecular complexity index is 3990. The van der Waals surface area contributed by atoms with E-state index < -0.39 is 0 Å². The number of methoxy groups -OCH3 is 1. The zero-order valence-corrected chi connectivity index (χ0v) is 51.1. The van der Waals surface area contributed by atoms with Crippen molar-refractivity contribution in [1.82, 2.24) is 58.9 Å². The molecule has 17 nitrogen and oxygen atoms in total. The first-order valence-corrected chi connectivity index (χ1v) is 30.1. The van der Waals surface area contributed by atoms with E-state index in [2.05, 4.69) is 128 Å². The lowest BCUT2D eigenvalue weighted by Crippen LogP contribution is -2.41. The van der Waals surface area contributed by atoms with Crippen LogP contribution in [0.2, 0.25) is 0 Å². The number of carbonyl (C=O) groups is 1. The maximum atomic E-state index is 13.0. The van der Waals surface area contributed by atoms with E-state index in [0.717, 1.165) is 107 Å². The van der Waals surface area contributed by atoms with Crippen LogP contribution < -0.4 is 11.2 Å². The number of ether oxygens (including phenoxy) is 1. The van der Waals surface area contributed by atoms with Crippen molar-refractivity contribution in [2.75, 3.05) is 33.0 Å². The first-order chi connectivity index (χ1) is 41.1. The fourth-order valence-corrected chi connectivity index (χ4v) is 12.0. The molecule has 14 rings (SSSR count). The van der Waals surface area contributed by atoms with Gasteiger partial charge in [0.25, 0.3) is 0 Å². The second kappa shape index (κ2) is 25.5. The van der Waals surface area contributed by atoms with Gasteiger partial charge in [0.1, 0.15) is 10.7 Å². The summed E-state index contributed by atoms with van der Waals surface area (Å²) in [7, 11) is 3.35. The Morgan fingerprint density at radius 3 is 1.61 bits per heavy atom. The minimum Gasteiger partial charge on any atom is -0.465 e. The molecule has 0 radical (unpaired) electrons. The van der Waals surface area contributed by atoms with Crippen LogP contribution in [0.25, 0.3) is 66.7 Å². The van der Waals surface area contributed by atoms with Crippen molar-refractivity contribution in [3.63, 3.8) is 0 Å². The molecule has 3 aromatic carbocycles. The Kier molecular flexibility index (Phi) is 17.6. The molecule has 0 bridgehead atoms. The van der Waals surface area contributed by atoms with Crippen molar-refractivity contribution in [3.8, 4) is 44.2 Å². The third-order valence-electron chi connectivity index (χ3n) is 16.1. The van der Waals surface area contributed by atoms with Gasteiger partial charge in [0, 0.05) is 69.5 Å². The minimum absolute atomic E-state index is 0.242. The minimum atomic E-state index is -0.341. The van der Waals surface area contributed by atoms with Crippen molar-refractivity contribution in [2.45, 2.75) is 77.9 Å². The summed E-state index contributed by atoms with van der Waals surface area (Å²) in [6, 6.07) is 41.8. The highest BCUT2D eigenvalue weighted by Crippen LogP contribution is 2.44.